The van der Waals surface area contributed by atoms with Crippen LogP contribution in [-0.2, 0) is 9.84 Å². The number of sulfone groups is 1. The number of nitrogens with two attached hydrogens (primary N) is 1. The number of ether oxygens (including phenoxy) is 1. The van der Waals surface area contributed by atoms with E-state index in [2.05, 4.69) is 0 Å². The van der Waals surface area contributed by atoms with Crippen LogP contribution < -0.4 is 10.5 Å². The molecule has 21 heavy (non-hydrogen) atoms. The number of hydrogen-bond donors (Lipinski definition) is 1. The number of anilines is 1. The van der Waals surface area contributed by atoms with Crippen molar-refractivity contribution >= 4 is 21.4 Å². The van der Waals surface area contributed by atoms with Crippen molar-refractivity contribution in [1.82, 2.24) is 4.90 Å². The molecule has 6 nitrogen and oxygen atoms in total. The Morgan fingerprint density at radius 3 is 2.81 bits per heavy atom. The summed E-state index contributed by atoms with van der Waals surface area (Å²) in [6.07, 6.45) is 0.449. The molecule has 2 rings (SSSR count). The molecule has 0 radical (unpaired) electrons. The number of amides is 1. The van der Waals surface area contributed by atoms with Gasteiger partial charge in [-0.3, -0.25) is 4.79 Å². The molecule has 0 atom stereocenters. The lowest BCUT2D eigenvalue weighted by Crippen LogP contribution is -2.34. The maximum Gasteiger partial charge on any atom is 0.259 e. The molecule has 2 N–H and O–H groups in total. The van der Waals surface area contributed by atoms with Crippen LogP contribution in [0.15, 0.2) is 18.2 Å². The van der Waals surface area contributed by atoms with Crippen LogP contribution in [0.2, 0.25) is 0 Å². The molecule has 0 bridgehead atoms. The predicted octanol–water partition coefficient (Wildman–Crippen LogP) is 0.928. The number of nitrogen functional groups attached to an aromatic ring is 1. The van der Waals surface area contributed by atoms with Crippen LogP contribution in [0.4, 0.5) is 5.69 Å². The van der Waals surface area contributed by atoms with Gasteiger partial charge in [0.05, 0.1) is 18.1 Å². The van der Waals surface area contributed by atoms with Crippen LogP contribution in [0, 0.1) is 0 Å². The minimum absolute atomic E-state index is 0.00452. The first-order valence-electron chi connectivity index (χ1n) is 6.95. The third kappa shape index (κ3) is 3.66. The Morgan fingerprint density at radius 1 is 1.33 bits per heavy atom. The van der Waals surface area contributed by atoms with E-state index in [-0.39, 0.29) is 24.0 Å². The monoisotopic (exact) mass is 312 g/mol. The standard InChI is InChI=1S/C14H20N2O4S/c1-2-20-12-6-3-5-11(15)13(12)14(17)16-7-4-9-21(18,19)10-8-16/h3,5-6H,2,4,7-10,15H2,1H3. The molecular weight excluding hydrogens is 292 g/mol. The highest BCUT2D eigenvalue weighted by molar-refractivity contribution is 7.91. The molecule has 1 amide bonds. The van der Waals surface area contributed by atoms with Crippen LogP contribution in [0.1, 0.15) is 23.7 Å². The summed E-state index contributed by atoms with van der Waals surface area (Å²) in [6.45, 7) is 2.87. The molecule has 1 saturated heterocycles. The number of carbonyl (C=O) groups excluding carboxylic acids is 1. The lowest BCUT2D eigenvalue weighted by Gasteiger charge is -2.22. The summed E-state index contributed by atoms with van der Waals surface area (Å²) in [4.78, 5) is 14.2. The lowest BCUT2D eigenvalue weighted by atomic mass is 10.1. The van der Waals surface area contributed by atoms with E-state index in [0.29, 0.717) is 36.6 Å². The molecule has 0 aliphatic carbocycles. The van der Waals surface area contributed by atoms with Crippen LogP contribution in [0.3, 0.4) is 0 Å². The van der Waals surface area contributed by atoms with Gasteiger partial charge in [0.2, 0.25) is 0 Å². The highest BCUT2D eigenvalue weighted by Crippen LogP contribution is 2.26. The average Bonchev–Trinajstić information content (AvgIpc) is 2.60. The second-order valence-electron chi connectivity index (χ2n) is 4.95. The number of carbonyl (C=O) groups is 1. The zero-order chi connectivity index (χ0) is 15.5. The van der Waals surface area contributed by atoms with E-state index in [9.17, 15) is 13.2 Å². The van der Waals surface area contributed by atoms with Crippen molar-refractivity contribution in [2.45, 2.75) is 13.3 Å². The van der Waals surface area contributed by atoms with E-state index < -0.39 is 9.84 Å². The zero-order valence-corrected chi connectivity index (χ0v) is 12.9. The van der Waals surface area contributed by atoms with Crippen molar-refractivity contribution in [2.75, 3.05) is 36.9 Å². The third-order valence-corrected chi connectivity index (χ3v) is 5.13. The van der Waals surface area contributed by atoms with Crippen LogP contribution in [0.25, 0.3) is 0 Å². The Bertz CT molecular complexity index is 628. The molecule has 1 aromatic carbocycles. The van der Waals surface area contributed by atoms with Crippen LogP contribution >= 0.6 is 0 Å². The Balaban J connectivity index is 2.27. The number of nitrogens with zero attached hydrogens (tertiary/aromatic N) is 1. The summed E-state index contributed by atoms with van der Waals surface area (Å²) < 4.78 is 28.7. The predicted molar refractivity (Wildman–Crippen MR) is 81.2 cm³/mol. The van der Waals surface area contributed by atoms with E-state index in [1.54, 1.807) is 23.1 Å². The second-order valence-corrected chi connectivity index (χ2v) is 7.25. The van der Waals surface area contributed by atoms with Gasteiger partial charge in [-0.1, -0.05) is 6.07 Å². The fraction of sp³-hybridized carbons (Fsp3) is 0.500. The van der Waals surface area contributed by atoms with Gasteiger partial charge in [-0.2, -0.15) is 0 Å². The van der Waals surface area contributed by atoms with Crippen molar-refractivity contribution in [3.63, 3.8) is 0 Å². The third-order valence-electron chi connectivity index (χ3n) is 3.41. The molecular formula is C14H20N2O4S. The molecule has 1 heterocycles. The Labute approximate surface area is 124 Å². The smallest absolute Gasteiger partial charge is 0.259 e. The van der Waals surface area contributed by atoms with Gasteiger partial charge in [0.1, 0.15) is 11.3 Å². The Hall–Kier alpha value is -1.76. The summed E-state index contributed by atoms with van der Waals surface area (Å²) in [6, 6.07) is 5.07. The van der Waals surface area contributed by atoms with Gasteiger partial charge in [0.15, 0.2) is 9.84 Å². The fourth-order valence-corrected chi connectivity index (χ4v) is 3.62. The minimum Gasteiger partial charge on any atom is -0.493 e. The quantitative estimate of drug-likeness (QED) is 0.839. The summed E-state index contributed by atoms with van der Waals surface area (Å²) in [5.41, 5.74) is 6.57. The van der Waals surface area contributed by atoms with E-state index in [4.69, 9.17) is 10.5 Å². The molecule has 1 fully saturated rings. The summed E-state index contributed by atoms with van der Waals surface area (Å²) in [5, 5.41) is 0. The van der Waals surface area contributed by atoms with Gasteiger partial charge < -0.3 is 15.4 Å². The van der Waals surface area contributed by atoms with E-state index >= 15 is 0 Å². The number of rotatable bonds is 3. The van der Waals surface area contributed by atoms with Crippen molar-refractivity contribution < 1.29 is 17.9 Å². The second kappa shape index (κ2) is 6.34. The summed E-state index contributed by atoms with van der Waals surface area (Å²) >= 11 is 0. The molecule has 7 heteroatoms. The van der Waals surface area contributed by atoms with E-state index in [1.165, 1.54) is 0 Å². The van der Waals surface area contributed by atoms with Gasteiger partial charge in [-0.25, -0.2) is 8.42 Å². The highest BCUT2D eigenvalue weighted by Gasteiger charge is 2.26. The zero-order valence-electron chi connectivity index (χ0n) is 12.0. The van der Waals surface area contributed by atoms with Crippen molar-refractivity contribution in [1.29, 1.82) is 0 Å². The molecule has 0 aromatic heterocycles. The summed E-state index contributed by atoms with van der Waals surface area (Å²) in [7, 11) is -3.05. The number of benzene rings is 1. The molecule has 116 valence electrons. The maximum atomic E-state index is 12.7. The largest absolute Gasteiger partial charge is 0.493 e. The Morgan fingerprint density at radius 2 is 2.10 bits per heavy atom. The van der Waals surface area contributed by atoms with Gasteiger partial charge >= 0.3 is 0 Å². The SMILES string of the molecule is CCOc1cccc(N)c1C(=O)N1CCCS(=O)(=O)CC1. The highest BCUT2D eigenvalue weighted by atomic mass is 32.2. The van der Waals surface area contributed by atoms with E-state index in [0.717, 1.165) is 0 Å². The van der Waals surface area contributed by atoms with Gasteiger partial charge in [0, 0.05) is 18.8 Å². The first-order chi connectivity index (χ1) is 9.94. The van der Waals surface area contributed by atoms with Crippen molar-refractivity contribution in [3.05, 3.63) is 23.8 Å². The van der Waals surface area contributed by atoms with Gasteiger partial charge in [-0.05, 0) is 25.5 Å². The molecule has 0 saturated carbocycles. The molecule has 1 aliphatic heterocycles. The maximum absolute atomic E-state index is 12.7. The first-order valence-corrected chi connectivity index (χ1v) is 8.77. The summed E-state index contributed by atoms with van der Waals surface area (Å²) in [5.74, 6) is 0.290. The van der Waals surface area contributed by atoms with Crippen molar-refractivity contribution in [2.24, 2.45) is 0 Å². The topological polar surface area (TPSA) is 89.7 Å². The number of hydrogen-bond acceptors (Lipinski definition) is 5. The molecule has 1 aliphatic rings. The van der Waals surface area contributed by atoms with Crippen LogP contribution in [-0.4, -0.2) is 50.4 Å². The van der Waals surface area contributed by atoms with Crippen molar-refractivity contribution in [3.8, 4) is 5.75 Å². The molecule has 1 aromatic rings. The normalized spacial score (nSPS) is 18.0. The average molecular weight is 312 g/mol. The van der Waals surface area contributed by atoms with E-state index in [1.807, 2.05) is 6.92 Å². The fourth-order valence-electron chi connectivity index (χ4n) is 2.35. The first kappa shape index (κ1) is 15.6. The van der Waals surface area contributed by atoms with Gasteiger partial charge in [0.25, 0.3) is 5.91 Å². The molecule has 0 unspecified atom stereocenters. The lowest BCUT2D eigenvalue weighted by molar-refractivity contribution is 0.0765. The Kier molecular flexibility index (Phi) is 4.72. The molecule has 0 spiro atoms. The van der Waals surface area contributed by atoms with Crippen LogP contribution in [0.5, 0.6) is 5.75 Å². The minimum atomic E-state index is -3.05. The van der Waals surface area contributed by atoms with Gasteiger partial charge in [-0.15, -0.1) is 0 Å².